The second-order valence-electron chi connectivity index (χ2n) is 6.10. The van der Waals surface area contributed by atoms with E-state index in [9.17, 15) is 4.79 Å². The van der Waals surface area contributed by atoms with E-state index in [2.05, 4.69) is 10.4 Å². The summed E-state index contributed by atoms with van der Waals surface area (Å²) in [4.78, 5) is 14.5. The van der Waals surface area contributed by atoms with Crippen LogP contribution >= 0.6 is 0 Å². The normalized spacial score (nSPS) is 21.2. The van der Waals surface area contributed by atoms with Gasteiger partial charge in [-0.3, -0.25) is 0 Å². The summed E-state index contributed by atoms with van der Waals surface area (Å²) in [5.74, 6) is 0.614. The molecule has 2 aromatic rings. The fourth-order valence-corrected chi connectivity index (χ4v) is 3.06. The molecule has 1 aromatic heterocycles. The minimum absolute atomic E-state index is 0.0305. The average molecular weight is 312 g/mol. The lowest BCUT2D eigenvalue weighted by atomic mass is 10.1. The molecule has 0 bridgehead atoms. The Bertz CT molecular complexity index is 664. The molecule has 2 aliphatic rings. The Hall–Kier alpha value is -2.34. The zero-order valence-electron chi connectivity index (χ0n) is 12.9. The Morgan fingerprint density at radius 3 is 2.78 bits per heavy atom. The standard InChI is InChI=1S/C17H20N4O2/c22-17(20-10-11-23-12-16(20)13-2-3-13)19-14-4-6-15(7-5-14)21-9-1-8-18-21/h1,4-9,13,16H,2-3,10-12H2,(H,19,22). The summed E-state index contributed by atoms with van der Waals surface area (Å²) in [7, 11) is 0. The van der Waals surface area contributed by atoms with Crippen LogP contribution in [0.4, 0.5) is 10.5 Å². The van der Waals surface area contributed by atoms with Gasteiger partial charge in [-0.15, -0.1) is 0 Å². The van der Waals surface area contributed by atoms with Crippen LogP contribution in [0.5, 0.6) is 0 Å². The first-order valence-electron chi connectivity index (χ1n) is 8.07. The number of ether oxygens (including phenoxy) is 1. The number of carbonyl (C=O) groups is 1. The van der Waals surface area contributed by atoms with E-state index < -0.39 is 0 Å². The van der Waals surface area contributed by atoms with Crippen LogP contribution in [-0.4, -0.2) is 46.5 Å². The number of hydrogen-bond acceptors (Lipinski definition) is 3. The van der Waals surface area contributed by atoms with Crippen LogP contribution in [0.1, 0.15) is 12.8 Å². The predicted molar refractivity (Wildman–Crippen MR) is 86.6 cm³/mol. The van der Waals surface area contributed by atoms with E-state index in [1.54, 1.807) is 10.9 Å². The van der Waals surface area contributed by atoms with Crippen LogP contribution in [0.15, 0.2) is 42.7 Å². The Morgan fingerprint density at radius 1 is 1.26 bits per heavy atom. The van der Waals surface area contributed by atoms with Crippen LogP contribution in [0.25, 0.3) is 5.69 Å². The van der Waals surface area contributed by atoms with E-state index in [0.29, 0.717) is 25.7 Å². The highest BCUT2D eigenvalue weighted by Gasteiger charge is 2.39. The number of rotatable bonds is 3. The van der Waals surface area contributed by atoms with Gasteiger partial charge in [-0.25, -0.2) is 9.48 Å². The molecule has 1 unspecified atom stereocenters. The largest absolute Gasteiger partial charge is 0.377 e. The quantitative estimate of drug-likeness (QED) is 0.947. The number of hydrogen-bond donors (Lipinski definition) is 1. The van der Waals surface area contributed by atoms with Gasteiger partial charge in [0.1, 0.15) is 0 Å². The van der Waals surface area contributed by atoms with E-state index in [0.717, 1.165) is 11.4 Å². The zero-order valence-corrected chi connectivity index (χ0v) is 12.9. The summed E-state index contributed by atoms with van der Waals surface area (Å²) >= 11 is 0. The molecule has 6 heteroatoms. The van der Waals surface area contributed by atoms with Gasteiger partial charge in [0, 0.05) is 24.6 Å². The smallest absolute Gasteiger partial charge is 0.322 e. The van der Waals surface area contributed by atoms with Gasteiger partial charge in [0.05, 0.1) is 24.9 Å². The third-order valence-corrected chi connectivity index (χ3v) is 4.48. The Balaban J connectivity index is 1.43. The predicted octanol–water partition coefficient (Wildman–Crippen LogP) is 2.52. The molecule has 6 nitrogen and oxygen atoms in total. The molecule has 1 saturated heterocycles. The topological polar surface area (TPSA) is 59.4 Å². The minimum Gasteiger partial charge on any atom is -0.377 e. The third kappa shape index (κ3) is 3.07. The number of nitrogens with zero attached hydrogens (tertiary/aromatic N) is 3. The molecule has 0 spiro atoms. The van der Waals surface area contributed by atoms with E-state index in [-0.39, 0.29) is 12.1 Å². The van der Waals surface area contributed by atoms with Crippen molar-refractivity contribution in [1.82, 2.24) is 14.7 Å². The zero-order chi connectivity index (χ0) is 15.6. The van der Waals surface area contributed by atoms with Crippen LogP contribution in [0, 0.1) is 5.92 Å². The molecule has 1 aromatic carbocycles. The molecule has 4 rings (SSSR count). The van der Waals surface area contributed by atoms with Crippen LogP contribution < -0.4 is 5.32 Å². The van der Waals surface area contributed by atoms with Crippen molar-refractivity contribution in [2.24, 2.45) is 5.92 Å². The minimum atomic E-state index is -0.0305. The molecule has 1 aliphatic heterocycles. The van der Waals surface area contributed by atoms with Crippen molar-refractivity contribution in [3.05, 3.63) is 42.7 Å². The molecule has 23 heavy (non-hydrogen) atoms. The van der Waals surface area contributed by atoms with Gasteiger partial charge in [0.2, 0.25) is 0 Å². The highest BCUT2D eigenvalue weighted by Crippen LogP contribution is 2.36. The molecule has 2 fully saturated rings. The van der Waals surface area contributed by atoms with Gasteiger partial charge >= 0.3 is 6.03 Å². The van der Waals surface area contributed by atoms with Crippen molar-refractivity contribution in [2.45, 2.75) is 18.9 Å². The van der Waals surface area contributed by atoms with Crippen molar-refractivity contribution in [1.29, 1.82) is 0 Å². The van der Waals surface area contributed by atoms with Crippen molar-refractivity contribution < 1.29 is 9.53 Å². The lowest BCUT2D eigenvalue weighted by Crippen LogP contribution is -2.51. The summed E-state index contributed by atoms with van der Waals surface area (Å²) < 4.78 is 7.33. The van der Waals surface area contributed by atoms with Gasteiger partial charge < -0.3 is 15.0 Å². The molecular weight excluding hydrogens is 292 g/mol. The monoisotopic (exact) mass is 312 g/mol. The van der Waals surface area contributed by atoms with E-state index in [1.165, 1.54) is 12.8 Å². The Kier molecular flexibility index (Phi) is 3.75. The molecule has 0 radical (unpaired) electrons. The maximum atomic E-state index is 12.6. The van der Waals surface area contributed by atoms with Crippen LogP contribution in [0.2, 0.25) is 0 Å². The molecule has 1 atom stereocenters. The average Bonchev–Trinajstić information content (AvgIpc) is 3.30. The van der Waals surface area contributed by atoms with Gasteiger partial charge in [0.25, 0.3) is 0 Å². The maximum absolute atomic E-state index is 12.6. The molecule has 1 saturated carbocycles. The van der Waals surface area contributed by atoms with E-state index in [1.807, 2.05) is 41.4 Å². The molecule has 1 aliphatic carbocycles. The fourth-order valence-electron chi connectivity index (χ4n) is 3.06. The number of anilines is 1. The summed E-state index contributed by atoms with van der Waals surface area (Å²) in [5.41, 5.74) is 1.77. The first-order valence-corrected chi connectivity index (χ1v) is 8.07. The lowest BCUT2D eigenvalue weighted by Gasteiger charge is -2.35. The summed E-state index contributed by atoms with van der Waals surface area (Å²) in [6.07, 6.45) is 6.04. The molecule has 120 valence electrons. The number of morpholine rings is 1. The molecule has 2 amide bonds. The number of benzene rings is 1. The van der Waals surface area contributed by atoms with E-state index >= 15 is 0 Å². The van der Waals surface area contributed by atoms with Crippen molar-refractivity contribution >= 4 is 11.7 Å². The van der Waals surface area contributed by atoms with Crippen LogP contribution in [0.3, 0.4) is 0 Å². The van der Waals surface area contributed by atoms with Crippen molar-refractivity contribution in [3.8, 4) is 5.69 Å². The number of nitrogens with one attached hydrogen (secondary N) is 1. The highest BCUT2D eigenvalue weighted by molar-refractivity contribution is 5.89. The van der Waals surface area contributed by atoms with Gasteiger partial charge in [0.15, 0.2) is 0 Å². The van der Waals surface area contributed by atoms with E-state index in [4.69, 9.17) is 4.74 Å². The number of aromatic nitrogens is 2. The first kappa shape index (κ1) is 14.3. The first-order chi connectivity index (χ1) is 11.3. The molecular formula is C17H20N4O2. The van der Waals surface area contributed by atoms with Crippen LogP contribution in [-0.2, 0) is 4.74 Å². The number of amides is 2. The number of carbonyl (C=O) groups excluding carboxylic acids is 1. The van der Waals surface area contributed by atoms with Crippen molar-refractivity contribution in [3.63, 3.8) is 0 Å². The summed E-state index contributed by atoms with van der Waals surface area (Å²) in [6.45, 7) is 1.95. The molecule has 2 heterocycles. The SMILES string of the molecule is O=C(Nc1ccc(-n2cccn2)cc1)N1CCOCC1C1CC1. The Labute approximate surface area is 135 Å². The second-order valence-corrected chi connectivity index (χ2v) is 6.10. The van der Waals surface area contributed by atoms with Gasteiger partial charge in [-0.05, 0) is 49.1 Å². The summed E-state index contributed by atoms with van der Waals surface area (Å²) in [5, 5.41) is 7.19. The lowest BCUT2D eigenvalue weighted by molar-refractivity contribution is 0.00773. The van der Waals surface area contributed by atoms with Gasteiger partial charge in [-0.1, -0.05) is 0 Å². The third-order valence-electron chi connectivity index (χ3n) is 4.48. The van der Waals surface area contributed by atoms with Crippen molar-refractivity contribution in [2.75, 3.05) is 25.1 Å². The van der Waals surface area contributed by atoms with Gasteiger partial charge in [-0.2, -0.15) is 5.10 Å². The summed E-state index contributed by atoms with van der Waals surface area (Å²) in [6, 6.07) is 9.78. The fraction of sp³-hybridized carbons (Fsp3) is 0.412. The second kappa shape index (κ2) is 6.04. The number of urea groups is 1. The highest BCUT2D eigenvalue weighted by atomic mass is 16.5. The maximum Gasteiger partial charge on any atom is 0.322 e. The Morgan fingerprint density at radius 2 is 2.09 bits per heavy atom. The molecule has 1 N–H and O–H groups in total.